The van der Waals surface area contributed by atoms with E-state index in [1.54, 1.807) is 0 Å². The van der Waals surface area contributed by atoms with E-state index in [2.05, 4.69) is 12.4 Å². The highest BCUT2D eigenvalue weighted by atomic mass is 16.5. The van der Waals surface area contributed by atoms with Crippen molar-refractivity contribution in [3.8, 4) is 0 Å². The van der Waals surface area contributed by atoms with Crippen LogP contribution in [0.3, 0.4) is 0 Å². The molecule has 2 nitrogen and oxygen atoms in total. The van der Waals surface area contributed by atoms with Crippen LogP contribution in [-0.4, -0.2) is 11.2 Å². The maximum atomic E-state index is 8.68. The lowest BCUT2D eigenvalue weighted by Crippen LogP contribution is -2.21. The lowest BCUT2D eigenvalue weighted by molar-refractivity contribution is 0.127. The largest absolute Gasteiger partial charge is 0.317 e. The minimum Gasteiger partial charge on any atom is -0.317 e. The van der Waals surface area contributed by atoms with Gasteiger partial charge in [-0.15, -0.1) is 0 Å². The summed E-state index contributed by atoms with van der Waals surface area (Å²) in [5, 5.41) is 8.68. The summed E-state index contributed by atoms with van der Waals surface area (Å²) in [5.74, 6) is 0. The van der Waals surface area contributed by atoms with E-state index in [0.29, 0.717) is 0 Å². The summed E-state index contributed by atoms with van der Waals surface area (Å²) in [5.41, 5.74) is 2.31. The highest BCUT2D eigenvalue weighted by Gasteiger charge is 1.98. The SMILES string of the molecule is CCCCCCCCCCCCCCCC(C)NO. The lowest BCUT2D eigenvalue weighted by atomic mass is 10.0. The molecule has 19 heavy (non-hydrogen) atoms. The molecule has 0 spiro atoms. The van der Waals surface area contributed by atoms with Crippen LogP contribution in [0.25, 0.3) is 0 Å². The van der Waals surface area contributed by atoms with E-state index in [1.165, 1.54) is 83.5 Å². The Morgan fingerprint density at radius 1 is 0.684 bits per heavy atom. The monoisotopic (exact) mass is 271 g/mol. The first kappa shape index (κ1) is 18.9. The van der Waals surface area contributed by atoms with Crippen LogP contribution in [0.4, 0.5) is 0 Å². The van der Waals surface area contributed by atoms with Crippen LogP contribution in [0, 0.1) is 0 Å². The van der Waals surface area contributed by atoms with Gasteiger partial charge in [-0.25, -0.2) is 5.48 Å². The Hall–Kier alpha value is -0.0800. The van der Waals surface area contributed by atoms with Gasteiger partial charge >= 0.3 is 0 Å². The second-order valence-electron chi connectivity index (χ2n) is 6.06. The third-order valence-electron chi connectivity index (χ3n) is 3.96. The van der Waals surface area contributed by atoms with Crippen LogP contribution in [0.15, 0.2) is 0 Å². The van der Waals surface area contributed by atoms with Crippen molar-refractivity contribution in [3.05, 3.63) is 0 Å². The van der Waals surface area contributed by atoms with Gasteiger partial charge in [0.1, 0.15) is 0 Å². The lowest BCUT2D eigenvalue weighted by Gasteiger charge is -2.07. The molecule has 0 aromatic rings. The first-order valence-electron chi connectivity index (χ1n) is 8.70. The molecule has 0 heterocycles. The molecule has 0 saturated carbocycles. The first-order valence-corrected chi connectivity index (χ1v) is 8.70. The van der Waals surface area contributed by atoms with Crippen LogP contribution >= 0.6 is 0 Å². The number of hydrogen-bond acceptors (Lipinski definition) is 2. The predicted octanol–water partition coefficient (Wildman–Crippen LogP) is 5.84. The third kappa shape index (κ3) is 15.9. The normalized spacial score (nSPS) is 12.8. The molecule has 0 fully saturated rings. The summed E-state index contributed by atoms with van der Waals surface area (Å²) in [4.78, 5) is 0. The average molecular weight is 271 g/mol. The molecule has 0 radical (unpaired) electrons. The Morgan fingerprint density at radius 2 is 1.05 bits per heavy atom. The zero-order valence-electron chi connectivity index (χ0n) is 13.4. The van der Waals surface area contributed by atoms with Crippen LogP contribution in [0.2, 0.25) is 0 Å². The van der Waals surface area contributed by atoms with Gasteiger partial charge in [-0.3, -0.25) is 0 Å². The highest BCUT2D eigenvalue weighted by molar-refractivity contribution is 4.54. The molecule has 2 heteroatoms. The van der Waals surface area contributed by atoms with E-state index in [4.69, 9.17) is 5.21 Å². The molecule has 0 aliphatic carbocycles. The third-order valence-corrected chi connectivity index (χ3v) is 3.96. The minimum absolute atomic E-state index is 0.257. The van der Waals surface area contributed by atoms with Gasteiger partial charge in [-0.2, -0.15) is 0 Å². The maximum Gasteiger partial charge on any atom is 0.0291 e. The Kier molecular flexibility index (Phi) is 15.9. The molecule has 2 N–H and O–H groups in total. The number of nitrogens with one attached hydrogen (secondary N) is 1. The van der Waals surface area contributed by atoms with Crippen molar-refractivity contribution in [2.24, 2.45) is 0 Å². The Morgan fingerprint density at radius 3 is 1.42 bits per heavy atom. The molecule has 1 unspecified atom stereocenters. The van der Waals surface area contributed by atoms with E-state index < -0.39 is 0 Å². The Labute approximate surface area is 121 Å². The summed E-state index contributed by atoms with van der Waals surface area (Å²) in [6, 6.07) is 0.257. The topological polar surface area (TPSA) is 32.3 Å². The molecule has 0 aromatic heterocycles. The molecule has 0 bridgehead atoms. The smallest absolute Gasteiger partial charge is 0.0291 e. The quantitative estimate of drug-likeness (QED) is 0.290. The second kappa shape index (κ2) is 16.0. The molecular weight excluding hydrogens is 234 g/mol. The summed E-state index contributed by atoms with van der Waals surface area (Å²) in [7, 11) is 0. The summed E-state index contributed by atoms with van der Waals surface area (Å²) < 4.78 is 0. The molecule has 0 aromatic carbocycles. The highest BCUT2D eigenvalue weighted by Crippen LogP contribution is 2.13. The molecule has 0 saturated heterocycles. The van der Waals surface area contributed by atoms with Crippen LogP contribution in [-0.2, 0) is 0 Å². The number of rotatable bonds is 15. The van der Waals surface area contributed by atoms with Crippen molar-refractivity contribution in [2.75, 3.05) is 0 Å². The van der Waals surface area contributed by atoms with Crippen molar-refractivity contribution < 1.29 is 5.21 Å². The van der Waals surface area contributed by atoms with Gasteiger partial charge in [0.05, 0.1) is 0 Å². The van der Waals surface area contributed by atoms with Gasteiger partial charge in [-0.1, -0.05) is 90.4 Å². The van der Waals surface area contributed by atoms with Gasteiger partial charge in [0.15, 0.2) is 0 Å². The predicted molar refractivity (Wildman–Crippen MR) is 84.7 cm³/mol. The van der Waals surface area contributed by atoms with Crippen LogP contribution < -0.4 is 5.48 Å². The van der Waals surface area contributed by atoms with E-state index >= 15 is 0 Å². The number of hydroxylamine groups is 1. The summed E-state index contributed by atoms with van der Waals surface area (Å²) in [6.45, 7) is 4.31. The average Bonchev–Trinajstić information content (AvgIpc) is 2.43. The van der Waals surface area contributed by atoms with Crippen LogP contribution in [0.5, 0.6) is 0 Å². The van der Waals surface area contributed by atoms with Crippen molar-refractivity contribution in [3.63, 3.8) is 0 Å². The van der Waals surface area contributed by atoms with E-state index in [0.717, 1.165) is 6.42 Å². The molecule has 1 atom stereocenters. The fourth-order valence-corrected chi connectivity index (χ4v) is 2.53. The fraction of sp³-hybridized carbons (Fsp3) is 1.00. The summed E-state index contributed by atoms with van der Waals surface area (Å²) >= 11 is 0. The molecule has 0 aliphatic rings. The zero-order chi connectivity index (χ0) is 14.2. The number of hydrogen-bond donors (Lipinski definition) is 2. The van der Waals surface area contributed by atoms with E-state index in [9.17, 15) is 0 Å². The maximum absolute atomic E-state index is 8.68. The molecule has 116 valence electrons. The minimum atomic E-state index is 0.257. The van der Waals surface area contributed by atoms with Gasteiger partial charge in [0, 0.05) is 6.04 Å². The molecule has 0 aliphatic heterocycles. The fourth-order valence-electron chi connectivity index (χ4n) is 2.53. The standard InChI is InChI=1S/C17H37NO/c1-3-4-5-6-7-8-9-10-11-12-13-14-15-16-17(2)18-19/h17-19H,3-16H2,1-2H3. The first-order chi connectivity index (χ1) is 9.31. The van der Waals surface area contributed by atoms with Crippen LogP contribution in [0.1, 0.15) is 104 Å². The van der Waals surface area contributed by atoms with Gasteiger partial charge in [-0.05, 0) is 13.3 Å². The molecule has 0 rings (SSSR count). The molecule has 0 amide bonds. The number of unbranched alkanes of at least 4 members (excludes halogenated alkanes) is 12. The van der Waals surface area contributed by atoms with E-state index in [-0.39, 0.29) is 6.04 Å². The van der Waals surface area contributed by atoms with E-state index in [1.807, 2.05) is 6.92 Å². The van der Waals surface area contributed by atoms with Crippen molar-refractivity contribution in [2.45, 2.75) is 110 Å². The van der Waals surface area contributed by atoms with Gasteiger partial charge in [0.25, 0.3) is 0 Å². The zero-order valence-corrected chi connectivity index (χ0v) is 13.4. The summed E-state index contributed by atoms with van der Waals surface area (Å²) in [6.07, 6.45) is 19.3. The second-order valence-corrected chi connectivity index (χ2v) is 6.06. The van der Waals surface area contributed by atoms with Crippen molar-refractivity contribution in [1.82, 2.24) is 5.48 Å². The van der Waals surface area contributed by atoms with Gasteiger partial charge < -0.3 is 5.21 Å². The Bertz CT molecular complexity index is 161. The van der Waals surface area contributed by atoms with Gasteiger partial charge in [0.2, 0.25) is 0 Å². The Balaban J connectivity index is 2.95. The van der Waals surface area contributed by atoms with Crippen molar-refractivity contribution >= 4 is 0 Å². The van der Waals surface area contributed by atoms with Crippen molar-refractivity contribution in [1.29, 1.82) is 0 Å². The molecular formula is C17H37NO.